The van der Waals surface area contributed by atoms with Crippen molar-refractivity contribution in [2.75, 3.05) is 21.3 Å². The molecular weight excluding hydrogens is 575 g/mol. The zero-order chi connectivity index (χ0) is 24.3. The van der Waals surface area contributed by atoms with E-state index in [4.69, 9.17) is 14.2 Å². The van der Waals surface area contributed by atoms with Crippen molar-refractivity contribution in [3.63, 3.8) is 0 Å². The normalized spacial score (nSPS) is 10.4. The van der Waals surface area contributed by atoms with E-state index in [1.165, 1.54) is 15.9 Å². The maximum atomic E-state index is 5.31. The molecule has 0 N–H and O–H groups in total. The molecule has 34 heavy (non-hydrogen) atoms. The molecule has 0 aromatic heterocycles. The van der Waals surface area contributed by atoms with Crippen molar-refractivity contribution >= 4 is 55.7 Å². The Morgan fingerprint density at radius 3 is 1.26 bits per heavy atom. The summed E-state index contributed by atoms with van der Waals surface area (Å²) >= 11 is 6.85. The molecule has 4 rings (SSSR count). The monoisotopic (exact) mass is 600 g/mol. The summed E-state index contributed by atoms with van der Waals surface area (Å²) in [5.41, 5.74) is 0.954. The zero-order valence-corrected chi connectivity index (χ0v) is 23.4. The molecule has 0 unspecified atom stereocenters. The molecule has 4 aromatic carbocycles. The lowest BCUT2D eigenvalue weighted by Crippen LogP contribution is -2.20. The van der Waals surface area contributed by atoms with E-state index < -0.39 is 7.92 Å². The lowest BCUT2D eigenvalue weighted by atomic mass is 10.2. The summed E-state index contributed by atoms with van der Waals surface area (Å²) < 4.78 is 15.8. The number of alkyl halides is 2. The molecule has 0 aliphatic rings. The molecule has 6 heteroatoms. The Morgan fingerprint density at radius 2 is 0.941 bits per heavy atom. The number of ether oxygens (including phenoxy) is 3. The fraction of sp³-hybridized carbons (Fsp3) is 0.143. The van der Waals surface area contributed by atoms with Gasteiger partial charge in [0.15, 0.2) is 11.5 Å². The van der Waals surface area contributed by atoms with Gasteiger partial charge in [-0.3, -0.25) is 0 Å². The quantitative estimate of drug-likeness (QED) is 0.170. The van der Waals surface area contributed by atoms with Crippen molar-refractivity contribution in [2.24, 2.45) is 0 Å². The summed E-state index contributed by atoms with van der Waals surface area (Å²) in [5.74, 6) is 1.91. The second-order valence-electron chi connectivity index (χ2n) is 7.07. The molecule has 0 amide bonds. The number of rotatable bonds is 7. The Hall–Kier alpha value is -2.33. The molecule has 0 aliphatic heterocycles. The van der Waals surface area contributed by atoms with E-state index in [-0.39, 0.29) is 3.74 Å². The first kappa shape index (κ1) is 26.3. The van der Waals surface area contributed by atoms with Gasteiger partial charge in [-0.2, -0.15) is 0 Å². The second-order valence-corrected chi connectivity index (χ2v) is 12.3. The van der Waals surface area contributed by atoms with Crippen LogP contribution >= 0.6 is 39.8 Å². The van der Waals surface area contributed by atoms with E-state index in [0.717, 1.165) is 5.56 Å². The number of halogens is 2. The molecule has 0 aliphatic carbocycles. The van der Waals surface area contributed by atoms with Crippen molar-refractivity contribution in [3.8, 4) is 17.2 Å². The minimum absolute atomic E-state index is 0.0137. The number of methoxy groups -OCH3 is 3. The van der Waals surface area contributed by atoms with Gasteiger partial charge in [0.25, 0.3) is 0 Å². The van der Waals surface area contributed by atoms with Gasteiger partial charge in [0, 0.05) is 5.56 Å². The lowest BCUT2D eigenvalue weighted by Gasteiger charge is -2.18. The maximum absolute atomic E-state index is 5.31. The third-order valence-electron chi connectivity index (χ3n) is 5.01. The molecule has 3 nitrogen and oxygen atoms in total. The van der Waals surface area contributed by atoms with Crippen LogP contribution < -0.4 is 30.1 Å². The summed E-state index contributed by atoms with van der Waals surface area (Å²) in [5, 5.41) is 4.19. The molecular formula is C28H27Br2O3P. The molecule has 0 heterocycles. The van der Waals surface area contributed by atoms with E-state index in [1.807, 2.05) is 12.1 Å². The number of hydrogen-bond donors (Lipinski definition) is 0. The Morgan fingerprint density at radius 1 is 0.529 bits per heavy atom. The van der Waals surface area contributed by atoms with Gasteiger partial charge in [-0.15, -0.1) is 0 Å². The van der Waals surface area contributed by atoms with Gasteiger partial charge < -0.3 is 14.2 Å². The minimum Gasteiger partial charge on any atom is -0.493 e. The highest BCUT2D eigenvalue weighted by Crippen LogP contribution is 2.45. The fourth-order valence-electron chi connectivity index (χ4n) is 3.47. The van der Waals surface area contributed by atoms with Crippen molar-refractivity contribution in [1.29, 1.82) is 0 Å². The molecule has 0 fully saturated rings. The smallest absolute Gasteiger partial charge is 0.203 e. The minimum atomic E-state index is -0.446. The van der Waals surface area contributed by atoms with E-state index in [1.54, 1.807) is 21.3 Å². The van der Waals surface area contributed by atoms with Gasteiger partial charge in [0.1, 0.15) is 0 Å². The van der Waals surface area contributed by atoms with Crippen LogP contribution in [0.3, 0.4) is 0 Å². The largest absolute Gasteiger partial charge is 0.493 e. The Bertz CT molecular complexity index is 1050. The summed E-state index contributed by atoms with van der Waals surface area (Å²) in [4.78, 5) is 0. The summed E-state index contributed by atoms with van der Waals surface area (Å²) in [6.07, 6.45) is 0. The van der Waals surface area contributed by atoms with Gasteiger partial charge in [-0.05, 0) is 36.0 Å². The van der Waals surface area contributed by atoms with Crippen LogP contribution in [-0.2, 0) is 0 Å². The molecule has 0 saturated heterocycles. The molecule has 0 atom stereocenters. The highest BCUT2D eigenvalue weighted by Gasteiger charge is 2.19. The zero-order valence-electron chi connectivity index (χ0n) is 19.3. The third kappa shape index (κ3) is 6.63. The van der Waals surface area contributed by atoms with Crippen molar-refractivity contribution < 1.29 is 14.2 Å². The molecule has 0 spiro atoms. The Balaban J connectivity index is 0.000000197. The Kier molecular flexibility index (Phi) is 10.5. The first-order valence-electron chi connectivity index (χ1n) is 10.6. The van der Waals surface area contributed by atoms with Gasteiger partial charge in [0.05, 0.1) is 25.1 Å². The first-order chi connectivity index (χ1) is 16.6. The van der Waals surface area contributed by atoms with Gasteiger partial charge >= 0.3 is 0 Å². The van der Waals surface area contributed by atoms with Crippen LogP contribution in [0.15, 0.2) is 103 Å². The summed E-state index contributed by atoms with van der Waals surface area (Å²) in [6.45, 7) is 0. The summed E-state index contributed by atoms with van der Waals surface area (Å²) in [7, 11) is 4.33. The van der Waals surface area contributed by atoms with Crippen LogP contribution in [-0.4, -0.2) is 21.3 Å². The predicted molar refractivity (Wildman–Crippen MR) is 152 cm³/mol. The Labute approximate surface area is 220 Å². The first-order valence-corrected chi connectivity index (χ1v) is 13.8. The van der Waals surface area contributed by atoms with E-state index in [2.05, 4.69) is 123 Å². The molecule has 0 saturated carbocycles. The molecule has 4 aromatic rings. The standard InChI is InChI=1S/C18H15P.C10H12Br2O3/c1-4-10-16(11-5-1)19(17-12-6-2-7-13-17)18-14-8-3-9-15-18;1-13-7-5-4-6(10(11)12)8(14-2)9(7)15-3/h1-15H;4-5,10H,1-3H3. The van der Waals surface area contributed by atoms with Crippen LogP contribution in [0.4, 0.5) is 0 Å². The molecule has 0 radical (unpaired) electrons. The van der Waals surface area contributed by atoms with Crippen LogP contribution in [0.1, 0.15) is 9.30 Å². The van der Waals surface area contributed by atoms with Crippen LogP contribution in [0.5, 0.6) is 17.2 Å². The number of hydrogen-bond acceptors (Lipinski definition) is 3. The van der Waals surface area contributed by atoms with Crippen molar-refractivity contribution in [2.45, 2.75) is 3.74 Å². The fourth-order valence-corrected chi connectivity index (χ4v) is 6.50. The molecule has 176 valence electrons. The molecule has 0 bridgehead atoms. The van der Waals surface area contributed by atoms with Crippen molar-refractivity contribution in [1.82, 2.24) is 0 Å². The third-order valence-corrected chi connectivity index (χ3v) is 8.44. The topological polar surface area (TPSA) is 27.7 Å². The predicted octanol–water partition coefficient (Wildman–Crippen LogP) is 6.95. The number of benzene rings is 4. The van der Waals surface area contributed by atoms with Crippen LogP contribution in [0.25, 0.3) is 0 Å². The van der Waals surface area contributed by atoms with E-state index >= 15 is 0 Å². The van der Waals surface area contributed by atoms with Gasteiger partial charge in [0.2, 0.25) is 5.75 Å². The highest BCUT2D eigenvalue weighted by atomic mass is 79.9. The average molecular weight is 602 g/mol. The maximum Gasteiger partial charge on any atom is 0.203 e. The average Bonchev–Trinajstić information content (AvgIpc) is 2.90. The van der Waals surface area contributed by atoms with E-state index in [9.17, 15) is 0 Å². The summed E-state index contributed by atoms with van der Waals surface area (Å²) in [6, 6.07) is 36.1. The van der Waals surface area contributed by atoms with Crippen LogP contribution in [0, 0.1) is 0 Å². The van der Waals surface area contributed by atoms with E-state index in [0.29, 0.717) is 17.2 Å². The SMILES string of the molecule is COc1ccc(C(Br)Br)c(OC)c1OC.c1ccc(P(c2ccccc2)c2ccccc2)cc1. The highest BCUT2D eigenvalue weighted by molar-refractivity contribution is 9.24. The lowest BCUT2D eigenvalue weighted by molar-refractivity contribution is 0.323. The van der Waals surface area contributed by atoms with Gasteiger partial charge in [-0.25, -0.2) is 0 Å². The van der Waals surface area contributed by atoms with Crippen molar-refractivity contribution in [3.05, 3.63) is 109 Å². The second kappa shape index (κ2) is 13.5. The van der Waals surface area contributed by atoms with Gasteiger partial charge in [-0.1, -0.05) is 123 Å². The van der Waals surface area contributed by atoms with Crippen LogP contribution in [0.2, 0.25) is 0 Å².